The SMILES string of the molecule is N/C=C\C(N)=NCC1CC1. The lowest BCUT2D eigenvalue weighted by atomic mass is 10.4. The van der Waals surface area contributed by atoms with Crippen LogP contribution in [0.3, 0.4) is 0 Å². The Morgan fingerprint density at radius 1 is 1.60 bits per heavy atom. The normalized spacial score (nSPS) is 20.2. The maximum atomic E-state index is 5.44. The van der Waals surface area contributed by atoms with E-state index in [0.717, 1.165) is 12.5 Å². The zero-order chi connectivity index (χ0) is 7.40. The molecule has 0 aromatic rings. The molecule has 0 heterocycles. The minimum atomic E-state index is 0.536. The highest BCUT2D eigenvalue weighted by Gasteiger charge is 2.20. The van der Waals surface area contributed by atoms with Crippen LogP contribution in [0.4, 0.5) is 0 Å². The van der Waals surface area contributed by atoms with E-state index in [1.807, 2.05) is 0 Å². The smallest absolute Gasteiger partial charge is 0.119 e. The molecule has 0 radical (unpaired) electrons. The van der Waals surface area contributed by atoms with Gasteiger partial charge in [-0.2, -0.15) is 0 Å². The average Bonchev–Trinajstić information content (AvgIpc) is 2.67. The molecule has 1 saturated carbocycles. The van der Waals surface area contributed by atoms with Crippen LogP contribution < -0.4 is 11.5 Å². The summed E-state index contributed by atoms with van der Waals surface area (Å²) in [6.45, 7) is 0.871. The van der Waals surface area contributed by atoms with Crippen molar-refractivity contribution in [3.05, 3.63) is 12.3 Å². The van der Waals surface area contributed by atoms with Gasteiger partial charge in [-0.15, -0.1) is 0 Å². The van der Waals surface area contributed by atoms with Crippen LogP contribution in [0.5, 0.6) is 0 Å². The highest BCUT2D eigenvalue weighted by molar-refractivity contribution is 5.91. The summed E-state index contributed by atoms with van der Waals surface area (Å²) in [5.41, 5.74) is 10.6. The first-order valence-electron chi connectivity index (χ1n) is 3.51. The molecule has 0 aromatic carbocycles. The third kappa shape index (κ3) is 2.53. The number of nitrogens with zero attached hydrogens (tertiary/aromatic N) is 1. The summed E-state index contributed by atoms with van der Waals surface area (Å²) >= 11 is 0. The van der Waals surface area contributed by atoms with Crippen molar-refractivity contribution in [1.82, 2.24) is 0 Å². The molecule has 1 fully saturated rings. The van der Waals surface area contributed by atoms with Crippen molar-refractivity contribution in [3.63, 3.8) is 0 Å². The Hall–Kier alpha value is -0.990. The molecule has 0 atom stereocenters. The minimum Gasteiger partial charge on any atom is -0.404 e. The molecule has 10 heavy (non-hydrogen) atoms. The molecular formula is C7H13N3. The number of hydrogen-bond acceptors (Lipinski definition) is 2. The van der Waals surface area contributed by atoms with E-state index in [1.54, 1.807) is 6.08 Å². The first-order chi connectivity index (χ1) is 4.83. The predicted molar refractivity (Wildman–Crippen MR) is 42.5 cm³/mol. The molecule has 4 N–H and O–H groups in total. The van der Waals surface area contributed by atoms with E-state index in [2.05, 4.69) is 4.99 Å². The van der Waals surface area contributed by atoms with E-state index in [9.17, 15) is 0 Å². The van der Waals surface area contributed by atoms with E-state index < -0.39 is 0 Å². The molecule has 1 aliphatic rings. The standard InChI is InChI=1S/C7H13N3/c8-4-3-7(9)10-5-6-1-2-6/h3-4,6H,1-2,5,8H2,(H2,9,10)/b4-3-. The van der Waals surface area contributed by atoms with E-state index in [0.29, 0.717) is 5.84 Å². The molecule has 0 spiro atoms. The molecule has 0 unspecified atom stereocenters. The lowest BCUT2D eigenvalue weighted by molar-refractivity contribution is 0.848. The summed E-state index contributed by atoms with van der Waals surface area (Å²) in [6, 6.07) is 0. The number of rotatable bonds is 3. The second kappa shape index (κ2) is 3.25. The zero-order valence-corrected chi connectivity index (χ0v) is 5.96. The summed E-state index contributed by atoms with van der Waals surface area (Å²) in [5.74, 6) is 1.33. The fourth-order valence-corrected chi connectivity index (χ4v) is 0.686. The third-order valence-electron chi connectivity index (χ3n) is 1.50. The van der Waals surface area contributed by atoms with Crippen LogP contribution in [0.15, 0.2) is 17.3 Å². The first-order valence-corrected chi connectivity index (χ1v) is 3.51. The molecule has 3 heteroatoms. The highest BCUT2D eigenvalue weighted by Crippen LogP contribution is 2.28. The van der Waals surface area contributed by atoms with E-state index in [1.165, 1.54) is 19.0 Å². The second-order valence-electron chi connectivity index (χ2n) is 2.57. The Bertz CT molecular complexity index is 156. The van der Waals surface area contributed by atoms with Crippen LogP contribution in [-0.4, -0.2) is 12.4 Å². The maximum absolute atomic E-state index is 5.44. The van der Waals surface area contributed by atoms with Gasteiger partial charge in [0.15, 0.2) is 0 Å². The fraction of sp³-hybridized carbons (Fsp3) is 0.571. The zero-order valence-electron chi connectivity index (χ0n) is 5.96. The van der Waals surface area contributed by atoms with Gasteiger partial charge >= 0.3 is 0 Å². The lowest BCUT2D eigenvalue weighted by Crippen LogP contribution is -2.09. The topological polar surface area (TPSA) is 64.4 Å². The van der Waals surface area contributed by atoms with Gasteiger partial charge in [-0.05, 0) is 31.0 Å². The van der Waals surface area contributed by atoms with Gasteiger partial charge in [-0.3, -0.25) is 4.99 Å². The van der Waals surface area contributed by atoms with Crippen molar-refractivity contribution in [3.8, 4) is 0 Å². The minimum absolute atomic E-state index is 0.536. The van der Waals surface area contributed by atoms with Crippen LogP contribution in [0, 0.1) is 5.92 Å². The van der Waals surface area contributed by atoms with Crippen LogP contribution in [0.25, 0.3) is 0 Å². The van der Waals surface area contributed by atoms with Crippen LogP contribution >= 0.6 is 0 Å². The predicted octanol–water partition coefficient (Wildman–Crippen LogP) is 0.226. The van der Waals surface area contributed by atoms with Crippen molar-refractivity contribution in [1.29, 1.82) is 0 Å². The van der Waals surface area contributed by atoms with Crippen molar-refractivity contribution in [2.75, 3.05) is 6.54 Å². The largest absolute Gasteiger partial charge is 0.404 e. The van der Waals surface area contributed by atoms with Crippen molar-refractivity contribution < 1.29 is 0 Å². The van der Waals surface area contributed by atoms with Gasteiger partial charge in [0.05, 0.1) is 0 Å². The molecule has 0 bridgehead atoms. The second-order valence-corrected chi connectivity index (χ2v) is 2.57. The molecule has 0 aliphatic heterocycles. The Morgan fingerprint density at radius 3 is 2.80 bits per heavy atom. The molecule has 1 rings (SSSR count). The first kappa shape index (κ1) is 7.12. The number of hydrogen-bond donors (Lipinski definition) is 2. The number of aliphatic imine (C=N–C) groups is 1. The average molecular weight is 139 g/mol. The lowest BCUT2D eigenvalue weighted by Gasteiger charge is -1.90. The molecular weight excluding hydrogens is 126 g/mol. The maximum Gasteiger partial charge on any atom is 0.119 e. The van der Waals surface area contributed by atoms with Gasteiger partial charge < -0.3 is 11.5 Å². The summed E-state index contributed by atoms with van der Waals surface area (Å²) in [5, 5.41) is 0. The third-order valence-corrected chi connectivity index (χ3v) is 1.50. The summed E-state index contributed by atoms with van der Waals surface area (Å²) in [7, 11) is 0. The fourth-order valence-electron chi connectivity index (χ4n) is 0.686. The molecule has 56 valence electrons. The van der Waals surface area contributed by atoms with Crippen molar-refractivity contribution in [2.45, 2.75) is 12.8 Å². The van der Waals surface area contributed by atoms with E-state index in [4.69, 9.17) is 11.5 Å². The van der Waals surface area contributed by atoms with Crippen molar-refractivity contribution in [2.24, 2.45) is 22.4 Å². The van der Waals surface area contributed by atoms with Gasteiger partial charge in [0.1, 0.15) is 5.84 Å². The van der Waals surface area contributed by atoms with Crippen LogP contribution in [-0.2, 0) is 0 Å². The Morgan fingerprint density at radius 2 is 2.30 bits per heavy atom. The van der Waals surface area contributed by atoms with Gasteiger partial charge in [0.2, 0.25) is 0 Å². The Balaban J connectivity index is 2.22. The quantitative estimate of drug-likeness (QED) is 0.434. The summed E-state index contributed by atoms with van der Waals surface area (Å²) < 4.78 is 0. The molecule has 0 aromatic heterocycles. The van der Waals surface area contributed by atoms with Gasteiger partial charge in [-0.25, -0.2) is 0 Å². The monoisotopic (exact) mass is 139 g/mol. The van der Waals surface area contributed by atoms with Crippen molar-refractivity contribution >= 4 is 5.84 Å². The van der Waals surface area contributed by atoms with Gasteiger partial charge in [0, 0.05) is 6.54 Å². The van der Waals surface area contributed by atoms with E-state index in [-0.39, 0.29) is 0 Å². The van der Waals surface area contributed by atoms with Gasteiger partial charge in [-0.1, -0.05) is 0 Å². The molecule has 0 saturated heterocycles. The number of nitrogens with two attached hydrogens (primary N) is 2. The highest BCUT2D eigenvalue weighted by atomic mass is 14.9. The van der Waals surface area contributed by atoms with E-state index >= 15 is 0 Å². The summed E-state index contributed by atoms with van der Waals surface area (Å²) in [4.78, 5) is 4.10. The summed E-state index contributed by atoms with van der Waals surface area (Å²) in [6.07, 6.45) is 5.64. The Labute approximate surface area is 60.8 Å². The molecule has 3 nitrogen and oxygen atoms in total. The van der Waals surface area contributed by atoms with Crippen LogP contribution in [0.2, 0.25) is 0 Å². The molecule has 0 amide bonds. The molecule has 1 aliphatic carbocycles. The Kier molecular flexibility index (Phi) is 2.31. The van der Waals surface area contributed by atoms with Crippen LogP contribution in [0.1, 0.15) is 12.8 Å². The number of amidine groups is 1. The van der Waals surface area contributed by atoms with Gasteiger partial charge in [0.25, 0.3) is 0 Å².